The number of hydrogen-bond acceptors (Lipinski definition) is 3. The quantitative estimate of drug-likeness (QED) is 0.855. The van der Waals surface area contributed by atoms with Gasteiger partial charge < -0.3 is 10.1 Å². The summed E-state index contributed by atoms with van der Waals surface area (Å²) in [6.45, 7) is 3.95. The maximum absolute atomic E-state index is 12.6. The zero-order chi connectivity index (χ0) is 18.4. The Morgan fingerprint density at radius 3 is 2.58 bits per heavy atom. The molecule has 4 nitrogen and oxygen atoms in total. The molecule has 1 heterocycles. The molecule has 2 aromatic carbocycles. The van der Waals surface area contributed by atoms with Crippen LogP contribution in [0.5, 0.6) is 5.75 Å². The van der Waals surface area contributed by atoms with E-state index in [4.69, 9.17) is 4.74 Å². The topological polar surface area (TPSA) is 41.6 Å². The first-order valence-corrected chi connectivity index (χ1v) is 9.38. The number of nitrogens with one attached hydrogen (secondary N) is 1. The van der Waals surface area contributed by atoms with Crippen LogP contribution in [0.15, 0.2) is 54.6 Å². The van der Waals surface area contributed by atoms with E-state index in [1.54, 1.807) is 7.11 Å². The van der Waals surface area contributed by atoms with Crippen LogP contribution < -0.4 is 10.1 Å². The van der Waals surface area contributed by atoms with Gasteiger partial charge in [0.25, 0.3) is 0 Å². The molecule has 1 aliphatic rings. The van der Waals surface area contributed by atoms with Crippen molar-refractivity contribution in [2.75, 3.05) is 25.5 Å². The number of rotatable bonds is 6. The molecule has 0 saturated carbocycles. The zero-order valence-electron chi connectivity index (χ0n) is 15.7. The van der Waals surface area contributed by atoms with Crippen LogP contribution in [0.2, 0.25) is 0 Å². The molecular formula is C22H28N2O2. The second kappa shape index (κ2) is 8.86. The summed E-state index contributed by atoms with van der Waals surface area (Å²) < 4.78 is 5.21. The molecule has 1 N–H and O–H groups in total. The van der Waals surface area contributed by atoms with Crippen LogP contribution in [-0.2, 0) is 11.2 Å². The minimum Gasteiger partial charge on any atom is -0.497 e. The van der Waals surface area contributed by atoms with Gasteiger partial charge in [-0.25, -0.2) is 0 Å². The second-order valence-corrected chi connectivity index (χ2v) is 7.07. The Kier molecular flexibility index (Phi) is 6.29. The molecule has 0 aliphatic carbocycles. The monoisotopic (exact) mass is 352 g/mol. The van der Waals surface area contributed by atoms with Crippen molar-refractivity contribution in [3.63, 3.8) is 0 Å². The van der Waals surface area contributed by atoms with Crippen LogP contribution in [-0.4, -0.2) is 37.0 Å². The summed E-state index contributed by atoms with van der Waals surface area (Å²) in [7, 11) is 1.63. The summed E-state index contributed by atoms with van der Waals surface area (Å²) in [4.78, 5) is 14.9. The minimum atomic E-state index is -0.126. The predicted octanol–water partition coefficient (Wildman–Crippen LogP) is 3.98. The molecule has 1 atom stereocenters. The third kappa shape index (κ3) is 4.85. The van der Waals surface area contributed by atoms with E-state index in [1.165, 1.54) is 5.56 Å². The van der Waals surface area contributed by atoms with Gasteiger partial charge in [-0.1, -0.05) is 36.4 Å². The summed E-state index contributed by atoms with van der Waals surface area (Å²) in [6, 6.07) is 18.0. The molecule has 0 bridgehead atoms. The molecule has 0 spiro atoms. The van der Waals surface area contributed by atoms with Gasteiger partial charge in [0.15, 0.2) is 0 Å². The second-order valence-electron chi connectivity index (χ2n) is 7.07. The number of likely N-dealkylation sites (tertiary alicyclic amines) is 1. The molecule has 1 aliphatic heterocycles. The lowest BCUT2D eigenvalue weighted by Gasteiger charge is -2.35. The van der Waals surface area contributed by atoms with E-state index in [-0.39, 0.29) is 11.9 Å². The smallest absolute Gasteiger partial charge is 0.241 e. The van der Waals surface area contributed by atoms with Gasteiger partial charge in [-0.2, -0.15) is 0 Å². The molecular weight excluding hydrogens is 324 g/mol. The summed E-state index contributed by atoms with van der Waals surface area (Å²) in [5.41, 5.74) is 2.19. The Morgan fingerprint density at radius 2 is 1.88 bits per heavy atom. The van der Waals surface area contributed by atoms with Gasteiger partial charge in [0.1, 0.15) is 5.75 Å². The maximum Gasteiger partial charge on any atom is 0.241 e. The number of nitrogens with zero attached hydrogens (tertiary/aromatic N) is 1. The Morgan fingerprint density at radius 1 is 1.15 bits per heavy atom. The fourth-order valence-electron chi connectivity index (χ4n) is 3.61. The molecule has 26 heavy (non-hydrogen) atoms. The van der Waals surface area contributed by atoms with Crippen molar-refractivity contribution in [2.45, 2.75) is 32.2 Å². The van der Waals surface area contributed by atoms with Crippen molar-refractivity contribution in [2.24, 2.45) is 5.92 Å². The predicted molar refractivity (Wildman–Crippen MR) is 106 cm³/mol. The first-order valence-electron chi connectivity index (χ1n) is 9.38. The normalized spacial score (nSPS) is 16.8. The van der Waals surface area contributed by atoms with Gasteiger partial charge in [0.05, 0.1) is 13.2 Å². The summed E-state index contributed by atoms with van der Waals surface area (Å²) in [5.74, 6) is 1.50. The molecule has 1 saturated heterocycles. The highest BCUT2D eigenvalue weighted by atomic mass is 16.5. The molecule has 0 radical (unpaired) electrons. The Bertz CT molecular complexity index is 709. The van der Waals surface area contributed by atoms with Crippen LogP contribution in [0.4, 0.5) is 5.69 Å². The van der Waals surface area contributed by atoms with Crippen molar-refractivity contribution >= 4 is 11.6 Å². The Hall–Kier alpha value is -2.33. The van der Waals surface area contributed by atoms with Crippen molar-refractivity contribution in [1.82, 2.24) is 4.90 Å². The molecule has 0 aromatic heterocycles. The van der Waals surface area contributed by atoms with E-state index in [2.05, 4.69) is 40.5 Å². The average Bonchev–Trinajstić information content (AvgIpc) is 2.69. The average molecular weight is 352 g/mol. The van der Waals surface area contributed by atoms with Gasteiger partial charge in [-0.15, -0.1) is 0 Å². The number of carbonyl (C=O) groups excluding carboxylic acids is 1. The van der Waals surface area contributed by atoms with Crippen molar-refractivity contribution in [3.05, 3.63) is 60.2 Å². The maximum atomic E-state index is 12.6. The van der Waals surface area contributed by atoms with Crippen LogP contribution in [0, 0.1) is 5.92 Å². The largest absolute Gasteiger partial charge is 0.497 e. The lowest BCUT2D eigenvalue weighted by Crippen LogP contribution is -2.46. The van der Waals surface area contributed by atoms with E-state index in [0.29, 0.717) is 5.92 Å². The van der Waals surface area contributed by atoms with E-state index < -0.39 is 0 Å². The highest BCUT2D eigenvalue weighted by Gasteiger charge is 2.26. The molecule has 1 fully saturated rings. The van der Waals surface area contributed by atoms with Gasteiger partial charge >= 0.3 is 0 Å². The summed E-state index contributed by atoms with van der Waals surface area (Å²) in [5, 5.41) is 3.00. The number of ether oxygens (including phenoxy) is 1. The van der Waals surface area contributed by atoms with Crippen molar-refractivity contribution in [1.29, 1.82) is 0 Å². The molecule has 3 rings (SSSR count). The van der Waals surface area contributed by atoms with Gasteiger partial charge in [-0.05, 0) is 62.9 Å². The highest BCUT2D eigenvalue weighted by Crippen LogP contribution is 2.23. The van der Waals surface area contributed by atoms with Crippen molar-refractivity contribution in [3.8, 4) is 5.75 Å². The number of piperidine rings is 1. The number of carbonyl (C=O) groups is 1. The van der Waals surface area contributed by atoms with E-state index in [0.717, 1.165) is 43.8 Å². The molecule has 2 aromatic rings. The van der Waals surface area contributed by atoms with Crippen LogP contribution in [0.3, 0.4) is 0 Å². The van der Waals surface area contributed by atoms with Crippen molar-refractivity contribution < 1.29 is 9.53 Å². The molecule has 4 heteroatoms. The number of methoxy groups -OCH3 is 1. The Balaban J connectivity index is 1.49. The number of benzene rings is 2. The fourth-order valence-corrected chi connectivity index (χ4v) is 3.61. The third-order valence-corrected chi connectivity index (χ3v) is 5.28. The van der Waals surface area contributed by atoms with E-state index in [1.807, 2.05) is 31.2 Å². The Labute approximate surface area is 156 Å². The summed E-state index contributed by atoms with van der Waals surface area (Å²) >= 11 is 0. The number of amides is 1. The number of hydrogen-bond donors (Lipinski definition) is 1. The first kappa shape index (κ1) is 18.5. The highest BCUT2D eigenvalue weighted by molar-refractivity contribution is 5.94. The van der Waals surface area contributed by atoms with Crippen LogP contribution in [0.1, 0.15) is 25.3 Å². The summed E-state index contributed by atoms with van der Waals surface area (Å²) in [6.07, 6.45) is 3.43. The van der Waals surface area contributed by atoms with Gasteiger partial charge in [0, 0.05) is 11.8 Å². The lowest BCUT2D eigenvalue weighted by molar-refractivity contribution is -0.121. The van der Waals surface area contributed by atoms with E-state index >= 15 is 0 Å². The third-order valence-electron chi connectivity index (χ3n) is 5.28. The molecule has 138 valence electrons. The SMILES string of the molecule is COc1cccc(NC(=O)[C@@H](C)N2CCC(Cc3ccccc3)CC2)c1. The minimum absolute atomic E-state index is 0.0414. The number of anilines is 1. The van der Waals surface area contributed by atoms with Crippen LogP contribution in [0.25, 0.3) is 0 Å². The molecule has 0 unspecified atom stereocenters. The van der Waals surface area contributed by atoms with E-state index in [9.17, 15) is 4.79 Å². The van der Waals surface area contributed by atoms with Crippen LogP contribution >= 0.6 is 0 Å². The first-order chi connectivity index (χ1) is 12.7. The fraction of sp³-hybridized carbons (Fsp3) is 0.409. The standard InChI is InChI=1S/C22H28N2O2/c1-17(22(25)23-20-9-6-10-21(16-20)26-2)24-13-11-19(12-14-24)15-18-7-4-3-5-8-18/h3-10,16-17,19H,11-15H2,1-2H3,(H,23,25)/t17-/m1/s1. The van der Waals surface area contributed by atoms with Gasteiger partial charge in [-0.3, -0.25) is 9.69 Å². The molecule has 1 amide bonds. The lowest BCUT2D eigenvalue weighted by atomic mass is 9.89. The zero-order valence-corrected chi connectivity index (χ0v) is 15.7. The van der Waals surface area contributed by atoms with Gasteiger partial charge in [0.2, 0.25) is 5.91 Å².